The summed E-state index contributed by atoms with van der Waals surface area (Å²) in [4.78, 5) is 0. The molecule has 0 radical (unpaired) electrons. The van der Waals surface area contributed by atoms with Gasteiger partial charge in [0.1, 0.15) is 0 Å². The van der Waals surface area contributed by atoms with Crippen molar-refractivity contribution < 1.29 is 14.9 Å². The summed E-state index contributed by atoms with van der Waals surface area (Å²) in [7, 11) is 0. The summed E-state index contributed by atoms with van der Waals surface area (Å²) in [5, 5.41) is 18.7. The van der Waals surface area contributed by atoms with Gasteiger partial charge in [0.25, 0.3) is 0 Å². The van der Waals surface area contributed by atoms with Crippen LogP contribution in [0.25, 0.3) is 0 Å². The van der Waals surface area contributed by atoms with Crippen LogP contribution in [0.2, 0.25) is 0 Å². The van der Waals surface area contributed by atoms with Crippen molar-refractivity contribution in [2.75, 3.05) is 0 Å². The second kappa shape index (κ2) is 5.51. The molecular weight excluding hydrogens is 172 g/mol. The van der Waals surface area contributed by atoms with E-state index in [9.17, 15) is 10.2 Å². The first-order valence-corrected chi connectivity index (χ1v) is 4.56. The third-order valence-corrected chi connectivity index (χ3v) is 1.83. The van der Waals surface area contributed by atoms with E-state index < -0.39 is 18.2 Å². The highest BCUT2D eigenvalue weighted by Gasteiger charge is 2.31. The summed E-state index contributed by atoms with van der Waals surface area (Å²) < 4.78 is 4.79. The number of hydrogen-bond donors (Lipinski definition) is 4. The summed E-state index contributed by atoms with van der Waals surface area (Å²) in [5.74, 6) is -1.94. The Kier molecular flexibility index (Phi) is 5.43. The molecule has 6 N–H and O–H groups in total. The molecule has 0 amide bonds. The summed E-state index contributed by atoms with van der Waals surface area (Å²) in [6.45, 7) is 3.67. The Labute approximate surface area is 78.7 Å². The number of aliphatic hydroxyl groups is 2. The minimum Gasteiger partial charge on any atom is -0.368 e. The first kappa shape index (κ1) is 12.8. The Morgan fingerprint density at radius 2 is 2.00 bits per heavy atom. The lowest BCUT2D eigenvalue weighted by Gasteiger charge is -2.30. The summed E-state index contributed by atoms with van der Waals surface area (Å²) >= 11 is 0. The van der Waals surface area contributed by atoms with Crippen LogP contribution in [0.4, 0.5) is 0 Å². The zero-order chi connectivity index (χ0) is 10.5. The second-order valence-corrected chi connectivity index (χ2v) is 3.13. The van der Waals surface area contributed by atoms with E-state index in [1.165, 1.54) is 0 Å². The average molecular weight is 192 g/mol. The third-order valence-electron chi connectivity index (χ3n) is 1.83. The Balaban J connectivity index is 3.99. The van der Waals surface area contributed by atoms with E-state index in [2.05, 4.69) is 0 Å². The van der Waals surface area contributed by atoms with Crippen LogP contribution >= 0.6 is 0 Å². The van der Waals surface area contributed by atoms with Crippen LogP contribution < -0.4 is 11.5 Å². The lowest BCUT2D eigenvalue weighted by molar-refractivity contribution is -0.286. The molecule has 0 aromatic rings. The van der Waals surface area contributed by atoms with E-state index in [1.807, 2.05) is 6.92 Å². The molecule has 0 fully saturated rings. The van der Waals surface area contributed by atoms with Gasteiger partial charge in [0.05, 0.1) is 6.04 Å². The molecule has 3 atom stereocenters. The summed E-state index contributed by atoms with van der Waals surface area (Å²) in [5.41, 5.74) is 10.8. The van der Waals surface area contributed by atoms with Crippen LogP contribution in [0.15, 0.2) is 0 Å². The molecule has 0 bridgehead atoms. The molecule has 5 nitrogen and oxygen atoms in total. The molecule has 0 aliphatic carbocycles. The fraction of sp³-hybridized carbons (Fsp3) is 1.00. The molecule has 0 rings (SSSR count). The fourth-order valence-electron chi connectivity index (χ4n) is 0.904. The van der Waals surface area contributed by atoms with Gasteiger partial charge in [-0.2, -0.15) is 0 Å². The normalized spacial score (nSPS) is 20.8. The quantitative estimate of drug-likeness (QED) is 0.423. The minimum atomic E-state index is -1.94. The summed E-state index contributed by atoms with van der Waals surface area (Å²) in [6, 6.07) is -0.695. The maximum atomic E-state index is 9.45. The van der Waals surface area contributed by atoms with Gasteiger partial charge in [0.15, 0.2) is 6.29 Å². The van der Waals surface area contributed by atoms with Gasteiger partial charge < -0.3 is 20.7 Å². The predicted molar refractivity (Wildman–Crippen MR) is 49.4 cm³/mol. The molecule has 0 heterocycles. The number of aliphatic hydroxyl groups excluding tert-OH is 1. The van der Waals surface area contributed by atoms with Crippen LogP contribution in [0.1, 0.15) is 33.1 Å². The Hall–Kier alpha value is -0.200. The monoisotopic (exact) mass is 192 g/mol. The first-order valence-electron chi connectivity index (χ1n) is 4.56. The highest BCUT2D eigenvalue weighted by Crippen LogP contribution is 2.11. The van der Waals surface area contributed by atoms with Crippen LogP contribution in [0.3, 0.4) is 0 Å². The van der Waals surface area contributed by atoms with E-state index in [1.54, 1.807) is 6.92 Å². The fourth-order valence-corrected chi connectivity index (χ4v) is 0.904. The average Bonchev–Trinajstić information content (AvgIpc) is 2.02. The molecule has 0 aliphatic rings. The third kappa shape index (κ3) is 4.54. The molecule has 0 saturated carbocycles. The van der Waals surface area contributed by atoms with Gasteiger partial charge in [-0.1, -0.05) is 20.3 Å². The van der Waals surface area contributed by atoms with Gasteiger partial charge in [-0.25, -0.2) is 0 Å². The number of rotatable bonds is 6. The van der Waals surface area contributed by atoms with Crippen molar-refractivity contribution in [3.05, 3.63) is 0 Å². The van der Waals surface area contributed by atoms with Crippen LogP contribution in [-0.4, -0.2) is 28.5 Å². The highest BCUT2D eigenvalue weighted by atomic mass is 16.7. The lowest BCUT2D eigenvalue weighted by Crippen LogP contribution is -2.58. The van der Waals surface area contributed by atoms with E-state index >= 15 is 0 Å². The molecule has 13 heavy (non-hydrogen) atoms. The van der Waals surface area contributed by atoms with E-state index in [0.29, 0.717) is 12.8 Å². The van der Waals surface area contributed by atoms with Crippen LogP contribution in [-0.2, 0) is 4.74 Å². The van der Waals surface area contributed by atoms with Gasteiger partial charge >= 0.3 is 0 Å². The minimum absolute atomic E-state index is 0.427. The topological polar surface area (TPSA) is 102 Å². The maximum absolute atomic E-state index is 9.45. The van der Waals surface area contributed by atoms with Crippen molar-refractivity contribution in [2.24, 2.45) is 11.5 Å². The van der Waals surface area contributed by atoms with E-state index in [4.69, 9.17) is 16.2 Å². The predicted octanol–water partition coefficient (Wildman–Crippen LogP) is -0.536. The zero-order valence-corrected chi connectivity index (χ0v) is 8.23. The van der Waals surface area contributed by atoms with Crippen molar-refractivity contribution in [3.63, 3.8) is 0 Å². The number of hydrogen-bond acceptors (Lipinski definition) is 5. The smallest absolute Gasteiger partial charge is 0.240 e. The van der Waals surface area contributed by atoms with Gasteiger partial charge in [0.2, 0.25) is 5.91 Å². The molecule has 3 unspecified atom stereocenters. The van der Waals surface area contributed by atoms with E-state index in [0.717, 1.165) is 6.42 Å². The second-order valence-electron chi connectivity index (χ2n) is 3.13. The van der Waals surface area contributed by atoms with Crippen molar-refractivity contribution in [2.45, 2.75) is 51.4 Å². The zero-order valence-electron chi connectivity index (χ0n) is 8.23. The summed E-state index contributed by atoms with van der Waals surface area (Å²) in [6.07, 6.45) is 0.595. The van der Waals surface area contributed by atoms with Crippen LogP contribution in [0.5, 0.6) is 0 Å². The van der Waals surface area contributed by atoms with Crippen molar-refractivity contribution in [1.29, 1.82) is 0 Å². The molecule has 80 valence electrons. The molecule has 0 aromatic carbocycles. The SMILES string of the molecule is CCCC(O)OC(N)(O)C(N)CC. The first-order chi connectivity index (χ1) is 5.94. The highest BCUT2D eigenvalue weighted by molar-refractivity contribution is 4.73. The number of nitrogens with two attached hydrogens (primary N) is 2. The Bertz CT molecular complexity index is 141. The molecule has 0 saturated heterocycles. The van der Waals surface area contributed by atoms with E-state index in [-0.39, 0.29) is 0 Å². The lowest BCUT2D eigenvalue weighted by atomic mass is 10.2. The molecule has 0 aliphatic heterocycles. The molecular formula is C8H20N2O3. The van der Waals surface area contributed by atoms with Crippen molar-refractivity contribution >= 4 is 0 Å². The Morgan fingerprint density at radius 3 is 2.38 bits per heavy atom. The molecule has 0 spiro atoms. The van der Waals surface area contributed by atoms with Crippen molar-refractivity contribution in [1.82, 2.24) is 0 Å². The van der Waals surface area contributed by atoms with Crippen molar-refractivity contribution in [3.8, 4) is 0 Å². The van der Waals surface area contributed by atoms with Gasteiger partial charge in [-0.15, -0.1) is 0 Å². The van der Waals surface area contributed by atoms with Crippen LogP contribution in [0, 0.1) is 0 Å². The Morgan fingerprint density at radius 1 is 1.46 bits per heavy atom. The largest absolute Gasteiger partial charge is 0.368 e. The molecule has 0 aromatic heterocycles. The molecule has 5 heteroatoms. The van der Waals surface area contributed by atoms with Gasteiger partial charge in [0, 0.05) is 0 Å². The maximum Gasteiger partial charge on any atom is 0.240 e. The van der Waals surface area contributed by atoms with Gasteiger partial charge in [-0.3, -0.25) is 5.73 Å². The van der Waals surface area contributed by atoms with Gasteiger partial charge in [-0.05, 0) is 12.8 Å². The standard InChI is InChI=1S/C8H20N2O3/c1-3-5-7(11)13-8(10,12)6(9)4-2/h6-7,11-12H,3-5,9-10H2,1-2H3. The number of ether oxygens (including phenoxy) is 1.